The number of carbonyl (C=O) groups is 2. The highest BCUT2D eigenvalue weighted by molar-refractivity contribution is 7.99. The number of rotatable bonds is 9. The Kier molecular flexibility index (Phi) is 7.32. The van der Waals surface area contributed by atoms with E-state index in [-0.39, 0.29) is 11.8 Å². The standard InChI is InChI=1S/C19H29N3O3S/c1-11(2)9-15(17(20)23)21-19(24)25-16-8-7-14(13-5-6-13)18(22-16)26-10-12(3)4/h7-8,11-13,15H,5-6,9-10H2,1-4H3,(H2,20,23)(H,21,24)/t15-/m0/s1. The number of carbonyl (C=O) groups excluding carboxylic acids is 2. The molecule has 7 heteroatoms. The predicted molar refractivity (Wildman–Crippen MR) is 103 cm³/mol. The van der Waals surface area contributed by atoms with Crippen molar-refractivity contribution in [1.29, 1.82) is 0 Å². The van der Waals surface area contributed by atoms with Crippen molar-refractivity contribution in [2.75, 3.05) is 5.75 Å². The zero-order valence-corrected chi connectivity index (χ0v) is 16.8. The van der Waals surface area contributed by atoms with Gasteiger partial charge in [0.15, 0.2) is 0 Å². The Morgan fingerprint density at radius 3 is 2.50 bits per heavy atom. The highest BCUT2D eigenvalue weighted by Crippen LogP contribution is 2.44. The lowest BCUT2D eigenvalue weighted by molar-refractivity contribution is -0.120. The van der Waals surface area contributed by atoms with Gasteiger partial charge in [-0.05, 0) is 42.6 Å². The van der Waals surface area contributed by atoms with Crippen LogP contribution >= 0.6 is 11.8 Å². The van der Waals surface area contributed by atoms with Gasteiger partial charge in [0.1, 0.15) is 11.1 Å². The van der Waals surface area contributed by atoms with Crippen LogP contribution in [0.3, 0.4) is 0 Å². The fraction of sp³-hybridized carbons (Fsp3) is 0.632. The number of thioether (sulfide) groups is 1. The Labute approximate surface area is 159 Å². The van der Waals surface area contributed by atoms with Gasteiger partial charge in [-0.1, -0.05) is 33.8 Å². The number of hydrogen-bond acceptors (Lipinski definition) is 5. The molecule has 1 aromatic rings. The molecule has 2 amide bonds. The monoisotopic (exact) mass is 379 g/mol. The lowest BCUT2D eigenvalue weighted by Crippen LogP contribution is -2.46. The number of hydrogen-bond donors (Lipinski definition) is 2. The Morgan fingerprint density at radius 2 is 1.96 bits per heavy atom. The molecule has 0 saturated heterocycles. The van der Waals surface area contributed by atoms with E-state index in [1.807, 2.05) is 19.9 Å². The zero-order chi connectivity index (χ0) is 19.3. The first-order valence-corrected chi connectivity index (χ1v) is 10.2. The number of pyridine rings is 1. The second-order valence-electron chi connectivity index (χ2n) is 7.64. The van der Waals surface area contributed by atoms with E-state index in [9.17, 15) is 9.59 Å². The van der Waals surface area contributed by atoms with Crippen molar-refractivity contribution in [3.63, 3.8) is 0 Å². The molecule has 1 saturated carbocycles. The Hall–Kier alpha value is -1.76. The third-order valence-electron chi connectivity index (χ3n) is 3.97. The summed E-state index contributed by atoms with van der Waals surface area (Å²) >= 11 is 1.70. The van der Waals surface area contributed by atoms with Crippen LogP contribution in [-0.2, 0) is 4.79 Å². The molecule has 2 rings (SSSR count). The van der Waals surface area contributed by atoms with Crippen molar-refractivity contribution in [1.82, 2.24) is 10.3 Å². The van der Waals surface area contributed by atoms with E-state index >= 15 is 0 Å². The molecule has 0 unspecified atom stereocenters. The smallest absolute Gasteiger partial charge is 0.391 e. The molecule has 6 nitrogen and oxygen atoms in total. The lowest BCUT2D eigenvalue weighted by atomic mass is 10.0. The molecule has 1 aliphatic rings. The Bertz CT molecular complexity index is 645. The first-order chi connectivity index (χ1) is 12.3. The van der Waals surface area contributed by atoms with Crippen LogP contribution in [0.5, 0.6) is 5.88 Å². The maximum Gasteiger partial charge on any atom is 0.414 e. The number of ether oxygens (including phenoxy) is 1. The van der Waals surface area contributed by atoms with Gasteiger partial charge in [0, 0.05) is 11.8 Å². The van der Waals surface area contributed by atoms with Crippen molar-refractivity contribution in [3.8, 4) is 5.88 Å². The molecule has 144 valence electrons. The summed E-state index contributed by atoms with van der Waals surface area (Å²) in [6, 6.07) is 2.97. The van der Waals surface area contributed by atoms with Gasteiger partial charge < -0.3 is 15.8 Å². The van der Waals surface area contributed by atoms with Crippen LogP contribution in [0.15, 0.2) is 17.2 Å². The number of primary amides is 1. The molecular formula is C19H29N3O3S. The van der Waals surface area contributed by atoms with Crippen molar-refractivity contribution in [3.05, 3.63) is 17.7 Å². The molecule has 3 N–H and O–H groups in total. The summed E-state index contributed by atoms with van der Waals surface area (Å²) in [5.74, 6) is 1.98. The van der Waals surface area contributed by atoms with E-state index in [0.29, 0.717) is 18.3 Å². The Balaban J connectivity index is 2.04. The maximum absolute atomic E-state index is 12.1. The minimum Gasteiger partial charge on any atom is -0.391 e. The van der Waals surface area contributed by atoms with Crippen LogP contribution in [0.1, 0.15) is 58.4 Å². The maximum atomic E-state index is 12.1. The minimum atomic E-state index is -0.747. The number of aromatic nitrogens is 1. The molecule has 1 atom stereocenters. The quantitative estimate of drug-likeness (QED) is 0.638. The SMILES string of the molecule is CC(C)CSc1nc(OC(=O)N[C@@H](CC(C)C)C(N)=O)ccc1C1CC1. The van der Waals surface area contributed by atoms with E-state index < -0.39 is 18.0 Å². The van der Waals surface area contributed by atoms with Gasteiger partial charge in [0.2, 0.25) is 11.8 Å². The lowest BCUT2D eigenvalue weighted by Gasteiger charge is -2.17. The van der Waals surface area contributed by atoms with Gasteiger partial charge in [0.05, 0.1) is 0 Å². The van der Waals surface area contributed by atoms with E-state index in [0.717, 1.165) is 10.8 Å². The number of nitrogens with one attached hydrogen (secondary N) is 1. The minimum absolute atomic E-state index is 0.225. The van der Waals surface area contributed by atoms with E-state index in [1.165, 1.54) is 18.4 Å². The average Bonchev–Trinajstić information content (AvgIpc) is 3.36. The van der Waals surface area contributed by atoms with Gasteiger partial charge in [-0.15, -0.1) is 11.8 Å². The molecular weight excluding hydrogens is 350 g/mol. The predicted octanol–water partition coefficient (Wildman–Crippen LogP) is 3.70. The van der Waals surface area contributed by atoms with E-state index in [1.54, 1.807) is 17.8 Å². The van der Waals surface area contributed by atoms with E-state index in [4.69, 9.17) is 10.5 Å². The fourth-order valence-electron chi connectivity index (χ4n) is 2.54. The molecule has 26 heavy (non-hydrogen) atoms. The number of amides is 2. The van der Waals surface area contributed by atoms with Crippen molar-refractivity contribution >= 4 is 23.8 Å². The topological polar surface area (TPSA) is 94.3 Å². The third kappa shape index (κ3) is 6.52. The summed E-state index contributed by atoms with van der Waals surface area (Å²) in [5, 5.41) is 3.46. The van der Waals surface area contributed by atoms with Gasteiger partial charge in [0.25, 0.3) is 0 Å². The molecule has 0 aromatic carbocycles. The zero-order valence-electron chi connectivity index (χ0n) is 16.0. The highest BCUT2D eigenvalue weighted by Gasteiger charge is 2.28. The average molecular weight is 380 g/mol. The molecule has 0 spiro atoms. The third-order valence-corrected chi connectivity index (χ3v) is 5.41. The molecule has 0 aliphatic heterocycles. The second kappa shape index (κ2) is 9.26. The van der Waals surface area contributed by atoms with Crippen molar-refractivity contribution in [2.24, 2.45) is 17.6 Å². The van der Waals surface area contributed by atoms with Crippen LogP contribution in [0.2, 0.25) is 0 Å². The van der Waals surface area contributed by atoms with Crippen molar-refractivity contribution in [2.45, 2.75) is 63.9 Å². The van der Waals surface area contributed by atoms with Gasteiger partial charge >= 0.3 is 6.09 Å². The molecule has 0 radical (unpaired) electrons. The van der Waals surface area contributed by atoms with Crippen LogP contribution in [0.25, 0.3) is 0 Å². The summed E-state index contributed by atoms with van der Waals surface area (Å²) in [7, 11) is 0. The first kappa shape index (κ1) is 20.6. The highest BCUT2D eigenvalue weighted by atomic mass is 32.2. The Morgan fingerprint density at radius 1 is 1.27 bits per heavy atom. The summed E-state index contributed by atoms with van der Waals surface area (Å²) in [6.07, 6.45) is 2.13. The molecule has 0 bridgehead atoms. The van der Waals surface area contributed by atoms with Crippen LogP contribution in [0, 0.1) is 11.8 Å². The molecule has 1 aromatic heterocycles. The van der Waals surface area contributed by atoms with Crippen LogP contribution in [-0.4, -0.2) is 28.8 Å². The molecule has 1 heterocycles. The van der Waals surface area contributed by atoms with Gasteiger partial charge in [-0.3, -0.25) is 4.79 Å². The fourth-order valence-corrected chi connectivity index (χ4v) is 3.59. The molecule has 1 aliphatic carbocycles. The summed E-state index contributed by atoms with van der Waals surface area (Å²) in [6.45, 7) is 8.24. The first-order valence-electron chi connectivity index (χ1n) is 9.17. The van der Waals surface area contributed by atoms with Crippen molar-refractivity contribution < 1.29 is 14.3 Å². The summed E-state index contributed by atoms with van der Waals surface area (Å²) in [4.78, 5) is 28.1. The summed E-state index contributed by atoms with van der Waals surface area (Å²) in [5.41, 5.74) is 6.59. The van der Waals surface area contributed by atoms with Crippen LogP contribution < -0.4 is 15.8 Å². The second-order valence-corrected chi connectivity index (χ2v) is 8.65. The van der Waals surface area contributed by atoms with Crippen LogP contribution in [0.4, 0.5) is 4.79 Å². The molecule has 1 fully saturated rings. The summed E-state index contributed by atoms with van der Waals surface area (Å²) < 4.78 is 5.30. The van der Waals surface area contributed by atoms with E-state index in [2.05, 4.69) is 24.1 Å². The van der Waals surface area contributed by atoms with Gasteiger partial charge in [-0.25, -0.2) is 9.78 Å². The van der Waals surface area contributed by atoms with Gasteiger partial charge in [-0.2, -0.15) is 0 Å². The number of nitrogens with two attached hydrogens (primary N) is 1. The normalized spacial score (nSPS) is 15.2. The number of nitrogens with zero attached hydrogens (tertiary/aromatic N) is 1. The largest absolute Gasteiger partial charge is 0.414 e.